The third-order valence-electron chi connectivity index (χ3n) is 4.17. The maximum Gasteiger partial charge on any atom is 0.573 e. The molecule has 0 aliphatic heterocycles. The smallest absolute Gasteiger partial charge is 0.404 e. The average Bonchev–Trinajstić information content (AvgIpc) is 3.06. The molecule has 4 aromatic rings. The molecule has 2 aromatic carbocycles. The number of aromatic nitrogens is 4. The number of nitrogens with zero attached hydrogens (tertiary/aromatic N) is 4. The maximum absolute atomic E-state index is 14.2. The van der Waals surface area contributed by atoms with Crippen molar-refractivity contribution in [2.24, 2.45) is 7.05 Å². The highest BCUT2D eigenvalue weighted by molar-refractivity contribution is 6.32. The number of hydrogen-bond acceptors (Lipinski definition) is 6. The van der Waals surface area contributed by atoms with Gasteiger partial charge < -0.3 is 15.4 Å². The summed E-state index contributed by atoms with van der Waals surface area (Å²) in [4.78, 5) is 7.98. The lowest BCUT2D eigenvalue weighted by Gasteiger charge is -2.13. The molecule has 0 saturated heterocycles. The zero-order valence-corrected chi connectivity index (χ0v) is 16.5. The first-order chi connectivity index (χ1) is 14.7. The van der Waals surface area contributed by atoms with Crippen molar-refractivity contribution in [1.29, 1.82) is 0 Å². The van der Waals surface area contributed by atoms with Gasteiger partial charge in [0, 0.05) is 23.8 Å². The Balaban J connectivity index is 1.54. The van der Waals surface area contributed by atoms with Gasteiger partial charge in [0.1, 0.15) is 5.75 Å². The maximum atomic E-state index is 14.2. The highest BCUT2D eigenvalue weighted by atomic mass is 35.5. The van der Waals surface area contributed by atoms with Crippen molar-refractivity contribution in [2.75, 3.05) is 10.6 Å². The van der Waals surface area contributed by atoms with Crippen LogP contribution >= 0.6 is 11.6 Å². The molecule has 7 nitrogen and oxygen atoms in total. The molecule has 0 spiro atoms. The Morgan fingerprint density at radius 2 is 1.77 bits per heavy atom. The molecule has 4 rings (SSSR count). The number of nitrogens with one attached hydrogen (secondary N) is 2. The summed E-state index contributed by atoms with van der Waals surface area (Å²) < 4.78 is 56.8. The lowest BCUT2D eigenvalue weighted by Crippen LogP contribution is -2.17. The van der Waals surface area contributed by atoms with E-state index in [1.807, 2.05) is 19.2 Å². The zero-order valence-electron chi connectivity index (χ0n) is 15.7. The van der Waals surface area contributed by atoms with Crippen LogP contribution in [-0.2, 0) is 7.05 Å². The summed E-state index contributed by atoms with van der Waals surface area (Å²) in [5, 5.41) is 10.4. The van der Waals surface area contributed by atoms with Crippen LogP contribution in [0.5, 0.6) is 5.75 Å². The Morgan fingerprint density at radius 3 is 2.52 bits per heavy atom. The summed E-state index contributed by atoms with van der Waals surface area (Å²) in [7, 11) is 1.82. The molecule has 0 bridgehead atoms. The Kier molecular flexibility index (Phi) is 5.27. The molecule has 0 aliphatic rings. The predicted molar refractivity (Wildman–Crippen MR) is 107 cm³/mol. The average molecular weight is 453 g/mol. The number of benzene rings is 2. The number of hydrogen-bond donors (Lipinski definition) is 2. The third kappa shape index (κ3) is 4.77. The molecule has 0 fully saturated rings. The van der Waals surface area contributed by atoms with Gasteiger partial charge in [-0.2, -0.15) is 10.1 Å². The summed E-state index contributed by atoms with van der Waals surface area (Å²) in [6.07, 6.45) is -2.21. The topological polar surface area (TPSA) is 76.9 Å². The SMILES string of the molecule is Cn1ncc2cc(Nc3ncc(F)c(Nc4ccc(OC(F)(F)F)c(Cl)c4)n3)ccc21. The molecule has 2 heterocycles. The number of rotatable bonds is 5. The molecule has 0 amide bonds. The normalized spacial score (nSPS) is 11.5. The number of halogens is 5. The van der Waals surface area contributed by atoms with Gasteiger partial charge in [-0.3, -0.25) is 4.68 Å². The second kappa shape index (κ2) is 7.91. The fourth-order valence-corrected chi connectivity index (χ4v) is 3.03. The molecule has 2 aromatic heterocycles. The zero-order chi connectivity index (χ0) is 22.2. The second-order valence-corrected chi connectivity index (χ2v) is 6.78. The number of ether oxygens (including phenoxy) is 1. The second-order valence-electron chi connectivity index (χ2n) is 6.37. The first-order valence-electron chi connectivity index (χ1n) is 8.71. The Labute approximate surface area is 177 Å². The van der Waals surface area contributed by atoms with Gasteiger partial charge in [0.05, 0.1) is 22.9 Å². The van der Waals surface area contributed by atoms with E-state index in [0.717, 1.165) is 29.2 Å². The van der Waals surface area contributed by atoms with Crippen LogP contribution in [0.4, 0.5) is 40.7 Å². The molecule has 0 radical (unpaired) electrons. The molecule has 2 N–H and O–H groups in total. The van der Waals surface area contributed by atoms with Crippen molar-refractivity contribution in [3.05, 3.63) is 59.6 Å². The summed E-state index contributed by atoms with van der Waals surface area (Å²) in [5.41, 5.74) is 1.80. The van der Waals surface area contributed by atoms with E-state index in [4.69, 9.17) is 11.6 Å². The molecule has 0 aliphatic carbocycles. The summed E-state index contributed by atoms with van der Waals surface area (Å²) in [6, 6.07) is 8.91. The number of fused-ring (bicyclic) bond motifs is 1. The third-order valence-corrected chi connectivity index (χ3v) is 4.46. The molecule has 0 atom stereocenters. The Morgan fingerprint density at radius 1 is 1.03 bits per heavy atom. The molecule has 160 valence electrons. The van der Waals surface area contributed by atoms with Crippen LogP contribution in [0.25, 0.3) is 10.9 Å². The van der Waals surface area contributed by atoms with Gasteiger partial charge in [0.15, 0.2) is 11.6 Å². The van der Waals surface area contributed by atoms with E-state index < -0.39 is 17.9 Å². The van der Waals surface area contributed by atoms with E-state index in [1.165, 1.54) is 6.07 Å². The van der Waals surface area contributed by atoms with E-state index in [0.29, 0.717) is 5.69 Å². The van der Waals surface area contributed by atoms with E-state index in [-0.39, 0.29) is 22.5 Å². The molecule has 31 heavy (non-hydrogen) atoms. The molecular weight excluding hydrogens is 440 g/mol. The molecule has 12 heteroatoms. The van der Waals surface area contributed by atoms with Crippen LogP contribution in [0.15, 0.2) is 48.8 Å². The minimum atomic E-state index is -4.88. The van der Waals surface area contributed by atoms with Crippen molar-refractivity contribution in [2.45, 2.75) is 6.36 Å². The van der Waals surface area contributed by atoms with Gasteiger partial charge in [-0.1, -0.05) is 11.6 Å². The van der Waals surface area contributed by atoms with Crippen molar-refractivity contribution in [1.82, 2.24) is 19.7 Å². The monoisotopic (exact) mass is 452 g/mol. The van der Waals surface area contributed by atoms with E-state index in [2.05, 4.69) is 30.4 Å². The molecule has 0 unspecified atom stereocenters. The van der Waals surface area contributed by atoms with Gasteiger partial charge in [-0.25, -0.2) is 9.37 Å². The van der Waals surface area contributed by atoms with Gasteiger partial charge in [-0.15, -0.1) is 13.2 Å². The first kappa shape index (κ1) is 20.7. The van der Waals surface area contributed by atoms with Crippen molar-refractivity contribution >= 4 is 45.6 Å². The molecular formula is C19H13ClF4N6O. The van der Waals surface area contributed by atoms with E-state index >= 15 is 0 Å². The van der Waals surface area contributed by atoms with Crippen molar-refractivity contribution in [3.63, 3.8) is 0 Å². The molecule has 0 saturated carbocycles. The lowest BCUT2D eigenvalue weighted by atomic mass is 10.2. The highest BCUT2D eigenvalue weighted by Gasteiger charge is 2.32. The lowest BCUT2D eigenvalue weighted by molar-refractivity contribution is -0.274. The van der Waals surface area contributed by atoms with Gasteiger partial charge in [-0.05, 0) is 36.4 Å². The Hall–Kier alpha value is -3.60. The van der Waals surface area contributed by atoms with E-state index in [1.54, 1.807) is 16.9 Å². The summed E-state index contributed by atoms with van der Waals surface area (Å²) in [6.45, 7) is 0. The van der Waals surface area contributed by atoms with Crippen molar-refractivity contribution in [3.8, 4) is 5.75 Å². The van der Waals surface area contributed by atoms with Crippen LogP contribution in [-0.4, -0.2) is 26.1 Å². The summed E-state index contributed by atoms with van der Waals surface area (Å²) >= 11 is 5.82. The standard InChI is InChI=1S/C19H13ClF4N6O/c1-30-15-4-2-11(6-10(15)8-26-30)28-18-25-9-14(21)17(29-18)27-12-3-5-16(13(20)7-12)31-19(22,23)24/h2-9H,1H3,(H2,25,27,28,29). The van der Waals surface area contributed by atoms with E-state index in [9.17, 15) is 17.6 Å². The van der Waals surface area contributed by atoms with Crippen LogP contribution in [0.2, 0.25) is 5.02 Å². The van der Waals surface area contributed by atoms with Gasteiger partial charge >= 0.3 is 6.36 Å². The fourth-order valence-electron chi connectivity index (χ4n) is 2.81. The highest BCUT2D eigenvalue weighted by Crippen LogP contribution is 2.33. The first-order valence-corrected chi connectivity index (χ1v) is 9.09. The van der Waals surface area contributed by atoms with Crippen LogP contribution < -0.4 is 15.4 Å². The minimum absolute atomic E-state index is 0.107. The minimum Gasteiger partial charge on any atom is -0.404 e. The van der Waals surface area contributed by atoms with Crippen LogP contribution in [0.1, 0.15) is 0 Å². The van der Waals surface area contributed by atoms with Crippen molar-refractivity contribution < 1.29 is 22.3 Å². The summed E-state index contributed by atoms with van der Waals surface area (Å²) in [5.74, 6) is -1.42. The number of anilines is 4. The number of alkyl halides is 3. The predicted octanol–water partition coefficient (Wildman–Crippen LogP) is 5.54. The van der Waals surface area contributed by atoms with Crippen LogP contribution in [0.3, 0.4) is 0 Å². The quantitative estimate of drug-likeness (QED) is 0.387. The van der Waals surface area contributed by atoms with Crippen LogP contribution in [0, 0.1) is 5.82 Å². The fraction of sp³-hybridized carbons (Fsp3) is 0.105. The number of aryl methyl sites for hydroxylation is 1. The van der Waals surface area contributed by atoms with Gasteiger partial charge in [0.2, 0.25) is 5.95 Å². The largest absolute Gasteiger partial charge is 0.573 e. The Bertz CT molecular complexity index is 1260. The van der Waals surface area contributed by atoms with Gasteiger partial charge in [0.25, 0.3) is 0 Å².